The van der Waals surface area contributed by atoms with Crippen molar-refractivity contribution in [2.75, 3.05) is 13.1 Å². The first-order chi connectivity index (χ1) is 12.7. The highest BCUT2D eigenvalue weighted by Gasteiger charge is 2.28. The molecule has 1 aromatic carbocycles. The van der Waals surface area contributed by atoms with Crippen molar-refractivity contribution in [1.29, 1.82) is 0 Å². The van der Waals surface area contributed by atoms with Crippen molar-refractivity contribution in [2.45, 2.75) is 44.4 Å². The number of hydrogen-bond acceptors (Lipinski definition) is 5. The Balaban J connectivity index is 1.61. The minimum atomic E-state index is 0.0527. The minimum Gasteiger partial charge on any atom is -0.508 e. The Hall–Kier alpha value is -2.81. The number of carbonyl (C=O) groups excluding carboxylic acids is 1. The first kappa shape index (κ1) is 18.0. The molecule has 0 saturated carbocycles. The second kappa shape index (κ2) is 8.52. The third kappa shape index (κ3) is 4.42. The number of carbonyl (C=O) groups is 1. The zero-order valence-corrected chi connectivity index (χ0v) is 14.7. The Morgan fingerprint density at radius 1 is 1.42 bits per heavy atom. The van der Waals surface area contributed by atoms with E-state index >= 15 is 0 Å². The van der Waals surface area contributed by atoms with E-state index in [1.807, 2.05) is 11.0 Å². The molecule has 1 amide bonds. The van der Waals surface area contributed by atoms with Gasteiger partial charge in [-0.3, -0.25) is 4.79 Å². The van der Waals surface area contributed by atoms with Gasteiger partial charge in [0.25, 0.3) is 0 Å². The molecule has 136 valence electrons. The Kier molecular flexibility index (Phi) is 5.90. The van der Waals surface area contributed by atoms with Crippen molar-refractivity contribution in [1.82, 2.24) is 15.0 Å². The average molecular weight is 353 g/mol. The maximum Gasteiger partial charge on any atom is 0.231 e. The molecule has 26 heavy (non-hydrogen) atoms. The van der Waals surface area contributed by atoms with Crippen LogP contribution in [-0.4, -0.2) is 39.1 Å². The number of benzene rings is 1. The zero-order chi connectivity index (χ0) is 18.4. The van der Waals surface area contributed by atoms with Gasteiger partial charge in [0.1, 0.15) is 5.75 Å². The molecule has 3 rings (SSSR count). The van der Waals surface area contributed by atoms with Gasteiger partial charge >= 0.3 is 0 Å². The number of nitrogens with zero attached hydrogens (tertiary/aromatic N) is 3. The number of aromatic hydroxyl groups is 1. The zero-order valence-electron chi connectivity index (χ0n) is 14.7. The number of amides is 1. The number of phenols is 1. The van der Waals surface area contributed by atoms with Gasteiger partial charge in [-0.1, -0.05) is 17.3 Å². The van der Waals surface area contributed by atoms with Gasteiger partial charge in [0.15, 0.2) is 0 Å². The molecule has 2 heterocycles. The van der Waals surface area contributed by atoms with Gasteiger partial charge in [0.2, 0.25) is 17.6 Å². The standard InChI is InChI=1S/C20H23N3O3/c1-2-3-4-5-11-18(25)23-12-7-9-16(14-23)20-21-19(22-26-20)15-8-6-10-17(24)13-15/h1,6,8,10,13,16,24H,3-5,7,9,11-12,14H2. The summed E-state index contributed by atoms with van der Waals surface area (Å²) >= 11 is 0. The van der Waals surface area contributed by atoms with E-state index in [-0.39, 0.29) is 17.6 Å². The molecule has 6 heteroatoms. The van der Waals surface area contributed by atoms with E-state index < -0.39 is 0 Å². The van der Waals surface area contributed by atoms with Crippen molar-refractivity contribution >= 4 is 5.91 Å². The molecule has 2 aromatic rings. The Morgan fingerprint density at radius 3 is 3.12 bits per heavy atom. The maximum absolute atomic E-state index is 12.4. The number of aromatic nitrogens is 2. The Labute approximate surface area is 153 Å². The van der Waals surface area contributed by atoms with Crippen LogP contribution in [0.1, 0.15) is 50.3 Å². The molecule has 0 bridgehead atoms. The quantitative estimate of drug-likeness (QED) is 0.636. The molecular formula is C20H23N3O3. The van der Waals surface area contributed by atoms with Gasteiger partial charge in [-0.25, -0.2) is 0 Å². The summed E-state index contributed by atoms with van der Waals surface area (Å²) in [5.41, 5.74) is 0.706. The molecule has 0 spiro atoms. The van der Waals surface area contributed by atoms with Gasteiger partial charge in [0.05, 0.1) is 5.92 Å². The fraction of sp³-hybridized carbons (Fsp3) is 0.450. The second-order valence-electron chi connectivity index (χ2n) is 6.60. The lowest BCUT2D eigenvalue weighted by atomic mass is 9.97. The molecule has 6 nitrogen and oxygen atoms in total. The van der Waals surface area contributed by atoms with Gasteiger partial charge < -0.3 is 14.5 Å². The number of terminal acetylenes is 1. The number of unbranched alkanes of at least 4 members (excludes halogenated alkanes) is 2. The molecule has 1 aliphatic rings. The van der Waals surface area contributed by atoms with Crippen LogP contribution in [0.3, 0.4) is 0 Å². The van der Waals surface area contributed by atoms with E-state index in [1.54, 1.807) is 18.2 Å². The molecule has 1 atom stereocenters. The highest BCUT2D eigenvalue weighted by Crippen LogP contribution is 2.28. The first-order valence-corrected chi connectivity index (χ1v) is 9.01. The summed E-state index contributed by atoms with van der Waals surface area (Å²) < 4.78 is 5.44. The van der Waals surface area contributed by atoms with Gasteiger partial charge in [-0.05, 0) is 37.8 Å². The fourth-order valence-electron chi connectivity index (χ4n) is 3.23. The van der Waals surface area contributed by atoms with Crippen molar-refractivity contribution in [3.05, 3.63) is 30.2 Å². The van der Waals surface area contributed by atoms with Crippen LogP contribution < -0.4 is 0 Å². The van der Waals surface area contributed by atoms with Crippen molar-refractivity contribution in [3.8, 4) is 29.5 Å². The topological polar surface area (TPSA) is 79.5 Å². The van der Waals surface area contributed by atoms with Crippen molar-refractivity contribution < 1.29 is 14.4 Å². The Bertz CT molecular complexity index is 794. The molecule has 1 unspecified atom stereocenters. The lowest BCUT2D eigenvalue weighted by Gasteiger charge is -2.31. The smallest absolute Gasteiger partial charge is 0.231 e. The third-order valence-electron chi connectivity index (χ3n) is 4.63. The van der Waals surface area contributed by atoms with E-state index in [4.69, 9.17) is 10.9 Å². The lowest BCUT2D eigenvalue weighted by Crippen LogP contribution is -2.39. The molecule has 1 fully saturated rings. The third-order valence-corrected chi connectivity index (χ3v) is 4.63. The van der Waals surface area contributed by atoms with Gasteiger partial charge in [-0.2, -0.15) is 4.98 Å². The largest absolute Gasteiger partial charge is 0.508 e. The van der Waals surface area contributed by atoms with E-state index in [1.165, 1.54) is 0 Å². The number of hydrogen-bond donors (Lipinski definition) is 1. The number of likely N-dealkylation sites (tertiary alicyclic amines) is 1. The van der Waals surface area contributed by atoms with Crippen LogP contribution in [0.25, 0.3) is 11.4 Å². The summed E-state index contributed by atoms with van der Waals surface area (Å²) in [6.07, 6.45) is 10.0. The summed E-state index contributed by atoms with van der Waals surface area (Å²) in [5, 5.41) is 13.6. The van der Waals surface area contributed by atoms with E-state index in [2.05, 4.69) is 16.1 Å². The summed E-state index contributed by atoms with van der Waals surface area (Å²) in [5.74, 6) is 3.98. The maximum atomic E-state index is 12.4. The van der Waals surface area contributed by atoms with Crippen molar-refractivity contribution in [2.24, 2.45) is 0 Å². The normalized spacial score (nSPS) is 17.0. The fourth-order valence-corrected chi connectivity index (χ4v) is 3.23. The summed E-state index contributed by atoms with van der Waals surface area (Å²) in [6.45, 7) is 1.38. The predicted octanol–water partition coefficient (Wildman–Crippen LogP) is 3.34. The van der Waals surface area contributed by atoms with Crippen LogP contribution in [0.4, 0.5) is 0 Å². The molecule has 1 aromatic heterocycles. The molecular weight excluding hydrogens is 330 g/mol. The molecule has 1 saturated heterocycles. The van der Waals surface area contributed by atoms with E-state index in [0.717, 1.165) is 38.6 Å². The predicted molar refractivity (Wildman–Crippen MR) is 97.3 cm³/mol. The van der Waals surface area contributed by atoms with Crippen molar-refractivity contribution in [3.63, 3.8) is 0 Å². The average Bonchev–Trinajstić information content (AvgIpc) is 3.15. The highest BCUT2D eigenvalue weighted by atomic mass is 16.5. The summed E-state index contributed by atoms with van der Waals surface area (Å²) in [7, 11) is 0. The van der Waals surface area contributed by atoms with Crippen LogP contribution in [0.15, 0.2) is 28.8 Å². The lowest BCUT2D eigenvalue weighted by molar-refractivity contribution is -0.132. The SMILES string of the molecule is C#CCCCCC(=O)N1CCCC(c2nc(-c3cccc(O)c3)no2)C1. The highest BCUT2D eigenvalue weighted by molar-refractivity contribution is 5.76. The summed E-state index contributed by atoms with van der Waals surface area (Å²) in [4.78, 5) is 18.7. The van der Waals surface area contributed by atoms with E-state index in [0.29, 0.717) is 30.2 Å². The number of phenolic OH excluding ortho intramolecular Hbond substituents is 1. The minimum absolute atomic E-state index is 0.0527. The van der Waals surface area contributed by atoms with E-state index in [9.17, 15) is 9.90 Å². The number of rotatable bonds is 6. The van der Waals surface area contributed by atoms with Gasteiger partial charge in [0, 0.05) is 31.5 Å². The monoisotopic (exact) mass is 353 g/mol. The first-order valence-electron chi connectivity index (χ1n) is 9.01. The van der Waals surface area contributed by atoms with Crippen LogP contribution >= 0.6 is 0 Å². The molecule has 1 N–H and O–H groups in total. The number of piperidine rings is 1. The van der Waals surface area contributed by atoms with Gasteiger partial charge in [-0.15, -0.1) is 12.3 Å². The second-order valence-corrected chi connectivity index (χ2v) is 6.60. The van der Waals surface area contributed by atoms with Crippen LogP contribution in [-0.2, 0) is 4.79 Å². The molecule has 0 radical (unpaired) electrons. The molecule has 0 aliphatic carbocycles. The summed E-state index contributed by atoms with van der Waals surface area (Å²) in [6, 6.07) is 6.75. The van der Waals surface area contributed by atoms with Crippen LogP contribution in [0.5, 0.6) is 5.75 Å². The Morgan fingerprint density at radius 2 is 2.31 bits per heavy atom. The van der Waals surface area contributed by atoms with Crippen LogP contribution in [0, 0.1) is 12.3 Å². The van der Waals surface area contributed by atoms with Crippen LogP contribution in [0.2, 0.25) is 0 Å². The molecule has 1 aliphatic heterocycles.